The summed E-state index contributed by atoms with van der Waals surface area (Å²) in [7, 11) is 2.75. The Morgan fingerprint density at radius 1 is 0.807 bits per heavy atom. The van der Waals surface area contributed by atoms with Crippen molar-refractivity contribution < 1.29 is 33.8 Å². The van der Waals surface area contributed by atoms with E-state index in [-0.39, 0.29) is 30.4 Å². The molecule has 5 atom stereocenters. The number of benzene rings is 2. The number of methoxy groups -OCH3 is 2. The van der Waals surface area contributed by atoms with E-state index in [1.165, 1.54) is 18.9 Å². The fourth-order valence-corrected chi connectivity index (χ4v) is 7.63. The number of hydrogen-bond donors (Lipinski definition) is 5. The molecule has 298 valence electrons. The highest BCUT2D eigenvalue weighted by atomic mass is 16.5. The van der Waals surface area contributed by atoms with Gasteiger partial charge in [0.05, 0.1) is 55.6 Å². The summed E-state index contributed by atoms with van der Waals surface area (Å²) in [6.45, 7) is 2.85. The molecule has 57 heavy (non-hydrogen) atoms. The largest absolute Gasteiger partial charge is 0.465 e. The van der Waals surface area contributed by atoms with E-state index in [9.17, 15) is 24.3 Å². The number of aromatic amines is 2. The number of likely N-dealkylation sites (tertiary alicyclic amines) is 2. The lowest BCUT2D eigenvalue weighted by Crippen LogP contribution is -2.54. The third-order valence-electron chi connectivity index (χ3n) is 10.7. The molecule has 17 nitrogen and oxygen atoms in total. The van der Waals surface area contributed by atoms with Gasteiger partial charge in [-0.15, -0.1) is 0 Å². The van der Waals surface area contributed by atoms with Crippen molar-refractivity contribution in [2.45, 2.75) is 69.4 Å². The molecule has 2 aliphatic heterocycles. The Morgan fingerprint density at radius 2 is 1.33 bits per heavy atom. The van der Waals surface area contributed by atoms with Crippen molar-refractivity contribution in [3.05, 3.63) is 91.0 Å². The van der Waals surface area contributed by atoms with Gasteiger partial charge in [0.1, 0.15) is 23.7 Å². The number of carbonyl (C=O) groups excluding carboxylic acids is 3. The van der Waals surface area contributed by atoms with Gasteiger partial charge in [0, 0.05) is 32.6 Å². The van der Waals surface area contributed by atoms with Crippen LogP contribution in [0.4, 0.5) is 9.59 Å². The molecule has 0 bridgehead atoms. The van der Waals surface area contributed by atoms with Gasteiger partial charge in [0.25, 0.3) is 0 Å². The molecule has 5 aromatic rings. The number of amides is 4. The quantitative estimate of drug-likeness (QED) is 0.111. The average molecular weight is 779 g/mol. The van der Waals surface area contributed by atoms with E-state index in [4.69, 9.17) is 9.47 Å². The number of nitrogens with zero attached hydrogens (tertiary/aromatic N) is 6. The SMILES string of the molecule is COC(=O)N[C@H](C(=O)N1CCC[C@H]1c1ncc(-c2ccc(-c3ccc(-c4cnc([C@@H]5CCCN5C(=O)[C@H](Cn5cccn5)NC(=O)O)[nH]4)cc3)cc2)[nH]1)[C@@H](C)OC. The second-order valence-electron chi connectivity index (χ2n) is 14.2. The third-order valence-corrected chi connectivity index (χ3v) is 10.7. The van der Waals surface area contributed by atoms with Crippen LogP contribution in [0.15, 0.2) is 79.4 Å². The van der Waals surface area contributed by atoms with Gasteiger partial charge in [-0.05, 0) is 60.9 Å². The summed E-state index contributed by atoms with van der Waals surface area (Å²) in [5, 5.41) is 18.5. The molecule has 2 aliphatic rings. The Morgan fingerprint density at radius 3 is 1.81 bits per heavy atom. The monoisotopic (exact) mass is 778 g/mol. The average Bonchev–Trinajstić information content (AvgIpc) is 4.08. The number of hydrogen-bond acceptors (Lipinski definition) is 9. The van der Waals surface area contributed by atoms with Crippen molar-refractivity contribution in [2.24, 2.45) is 0 Å². The Kier molecular flexibility index (Phi) is 11.6. The minimum atomic E-state index is -1.27. The Hall–Kier alpha value is -6.49. The zero-order chi connectivity index (χ0) is 40.1. The highest BCUT2D eigenvalue weighted by molar-refractivity contribution is 5.87. The predicted molar refractivity (Wildman–Crippen MR) is 207 cm³/mol. The van der Waals surface area contributed by atoms with Crippen LogP contribution in [0.3, 0.4) is 0 Å². The van der Waals surface area contributed by atoms with E-state index in [1.807, 2.05) is 48.5 Å². The molecule has 5 N–H and O–H groups in total. The second kappa shape index (κ2) is 17.1. The van der Waals surface area contributed by atoms with E-state index in [2.05, 4.69) is 35.7 Å². The van der Waals surface area contributed by atoms with E-state index in [1.54, 1.807) is 47.6 Å². The van der Waals surface area contributed by atoms with Gasteiger partial charge in [0.2, 0.25) is 11.8 Å². The summed E-state index contributed by atoms with van der Waals surface area (Å²) in [5.74, 6) is 0.755. The molecule has 0 saturated carbocycles. The molecule has 5 heterocycles. The molecular formula is C40H46N10O7. The maximum Gasteiger partial charge on any atom is 0.407 e. The summed E-state index contributed by atoms with van der Waals surface area (Å²) < 4.78 is 11.7. The van der Waals surface area contributed by atoms with Gasteiger partial charge < -0.3 is 45.0 Å². The fraction of sp³-hybridized carbons (Fsp3) is 0.375. The Bertz CT molecular complexity index is 2170. The molecule has 4 amide bonds. The van der Waals surface area contributed by atoms with E-state index in [0.29, 0.717) is 31.2 Å². The minimum Gasteiger partial charge on any atom is -0.465 e. The second-order valence-corrected chi connectivity index (χ2v) is 14.2. The van der Waals surface area contributed by atoms with Crippen molar-refractivity contribution in [2.75, 3.05) is 27.3 Å². The van der Waals surface area contributed by atoms with E-state index < -0.39 is 30.4 Å². The van der Waals surface area contributed by atoms with Crippen LogP contribution in [0.5, 0.6) is 0 Å². The van der Waals surface area contributed by atoms with Gasteiger partial charge in [-0.2, -0.15) is 5.10 Å². The van der Waals surface area contributed by atoms with Crippen molar-refractivity contribution in [3.8, 4) is 33.6 Å². The first-order chi connectivity index (χ1) is 27.6. The van der Waals surface area contributed by atoms with Crippen molar-refractivity contribution in [1.82, 2.24) is 50.1 Å². The number of imidazole rings is 2. The number of carboxylic acid groups (broad SMARTS) is 1. The lowest BCUT2D eigenvalue weighted by Gasteiger charge is -2.30. The zero-order valence-corrected chi connectivity index (χ0v) is 31.9. The topological polar surface area (TPSA) is 213 Å². The highest BCUT2D eigenvalue weighted by Gasteiger charge is 2.39. The third kappa shape index (κ3) is 8.52. The summed E-state index contributed by atoms with van der Waals surface area (Å²) in [6, 6.07) is 15.5. The number of nitrogens with one attached hydrogen (secondary N) is 4. The molecular weight excluding hydrogens is 733 g/mol. The van der Waals surface area contributed by atoms with Crippen LogP contribution in [0.25, 0.3) is 33.6 Å². The van der Waals surface area contributed by atoms with Crippen LogP contribution in [-0.4, -0.2) is 114 Å². The number of rotatable bonds is 13. The normalized spacial score (nSPS) is 18.2. The van der Waals surface area contributed by atoms with E-state index >= 15 is 0 Å². The predicted octanol–water partition coefficient (Wildman–Crippen LogP) is 4.75. The van der Waals surface area contributed by atoms with Gasteiger partial charge >= 0.3 is 12.2 Å². The van der Waals surface area contributed by atoms with Gasteiger partial charge in [-0.25, -0.2) is 19.6 Å². The van der Waals surface area contributed by atoms with Crippen LogP contribution in [0, 0.1) is 0 Å². The Labute approximate surface area is 328 Å². The van der Waals surface area contributed by atoms with Crippen molar-refractivity contribution in [1.29, 1.82) is 0 Å². The van der Waals surface area contributed by atoms with Crippen LogP contribution >= 0.6 is 0 Å². The standard InChI is InChI=1S/C40H46N10O7/c1-24(56-2)34(47-40(55)57-3)38(52)50-20-5-8-33(50)36-42-22-30(45-36)28-15-11-26(12-16-28)25-9-13-27(14-10-25)29-21-41-35(44-29)32-7-4-19-49(32)37(51)31(46-39(53)54)23-48-18-6-17-43-48/h6,9-18,21-22,24,31-34,46H,4-5,7-8,19-20,23H2,1-3H3,(H,41,44)(H,42,45)(H,47,55)(H,53,54)/t24-,31+,32+,33+,34+/m1/s1. The number of ether oxygens (including phenoxy) is 2. The van der Waals surface area contributed by atoms with Gasteiger partial charge in [0.15, 0.2) is 0 Å². The molecule has 0 unspecified atom stereocenters. The lowest BCUT2D eigenvalue weighted by atomic mass is 10.0. The van der Waals surface area contributed by atoms with E-state index in [0.717, 1.165) is 52.9 Å². The summed E-state index contributed by atoms with van der Waals surface area (Å²) in [6.07, 6.45) is 7.29. The van der Waals surface area contributed by atoms with Crippen LogP contribution in [0.1, 0.15) is 56.3 Å². The van der Waals surface area contributed by atoms with Gasteiger partial charge in [-0.3, -0.25) is 14.3 Å². The maximum atomic E-state index is 13.6. The highest BCUT2D eigenvalue weighted by Crippen LogP contribution is 2.35. The molecule has 3 aromatic heterocycles. The fourth-order valence-electron chi connectivity index (χ4n) is 7.63. The minimum absolute atomic E-state index is 0.0856. The molecule has 17 heteroatoms. The first-order valence-electron chi connectivity index (χ1n) is 18.9. The number of aromatic nitrogens is 6. The van der Waals surface area contributed by atoms with Gasteiger partial charge in [-0.1, -0.05) is 48.5 Å². The smallest absolute Gasteiger partial charge is 0.407 e. The van der Waals surface area contributed by atoms with Crippen LogP contribution < -0.4 is 10.6 Å². The lowest BCUT2D eigenvalue weighted by molar-refractivity contribution is -0.137. The number of H-pyrrole nitrogens is 2. The summed E-state index contributed by atoms with van der Waals surface area (Å²) >= 11 is 0. The van der Waals surface area contributed by atoms with Crippen LogP contribution in [-0.2, 0) is 25.6 Å². The van der Waals surface area contributed by atoms with Crippen LogP contribution in [0.2, 0.25) is 0 Å². The van der Waals surface area contributed by atoms with Crippen molar-refractivity contribution in [3.63, 3.8) is 0 Å². The molecule has 2 aromatic carbocycles. The van der Waals surface area contributed by atoms with Crippen molar-refractivity contribution >= 4 is 24.0 Å². The number of carbonyl (C=O) groups is 4. The molecule has 2 saturated heterocycles. The number of alkyl carbamates (subject to hydrolysis) is 1. The maximum absolute atomic E-state index is 13.6. The first kappa shape index (κ1) is 38.8. The molecule has 0 radical (unpaired) electrons. The molecule has 2 fully saturated rings. The first-order valence-corrected chi connectivity index (χ1v) is 18.9. The molecule has 7 rings (SSSR count). The summed E-state index contributed by atoms with van der Waals surface area (Å²) in [4.78, 5) is 70.3. The molecule has 0 aliphatic carbocycles. The molecule has 0 spiro atoms. The summed E-state index contributed by atoms with van der Waals surface area (Å²) in [5.41, 5.74) is 5.56. The Balaban J connectivity index is 0.999. The zero-order valence-electron chi connectivity index (χ0n) is 31.9.